The second-order valence-corrected chi connectivity index (χ2v) is 9.47. The van der Waals surface area contributed by atoms with Crippen molar-refractivity contribution in [1.82, 2.24) is 20.6 Å². The summed E-state index contributed by atoms with van der Waals surface area (Å²) in [5, 5.41) is 9.85. The van der Waals surface area contributed by atoms with E-state index in [-0.39, 0.29) is 5.91 Å². The maximum Gasteiger partial charge on any atom is 0.246 e. The number of nitrogens with one attached hydrogen (secondary N) is 3. The van der Waals surface area contributed by atoms with Crippen molar-refractivity contribution in [3.05, 3.63) is 36.0 Å². The highest BCUT2D eigenvalue weighted by Crippen LogP contribution is 2.46. The van der Waals surface area contributed by atoms with Crippen LogP contribution in [0.2, 0.25) is 0 Å². The van der Waals surface area contributed by atoms with Gasteiger partial charge in [0.15, 0.2) is 0 Å². The summed E-state index contributed by atoms with van der Waals surface area (Å²) in [6.07, 6.45) is 8.19. The van der Waals surface area contributed by atoms with Gasteiger partial charge in [-0.2, -0.15) is 4.98 Å². The molecule has 6 rings (SSSR count). The molecule has 1 amide bonds. The van der Waals surface area contributed by atoms with Crippen molar-refractivity contribution >= 4 is 29.0 Å². The standard InChI is InChI=1S/C24H31N7O/c32-22-24(9-10-26-22)15-17-16-27-23(29-21(17)31(24)20-3-1-2-4-20)28-18-5-7-19(8-6-18)30-13-11-25-12-14-30/h5-8,16,20,25H,1-4,9-15H2,(H,26,32)(H,27,28,29). The topological polar surface area (TPSA) is 85.4 Å². The van der Waals surface area contributed by atoms with Crippen LogP contribution in [0.1, 0.15) is 37.7 Å². The molecule has 8 heteroatoms. The van der Waals surface area contributed by atoms with Crippen LogP contribution >= 0.6 is 0 Å². The molecule has 0 bridgehead atoms. The average Bonchev–Trinajstić information content (AvgIpc) is 3.55. The molecular weight excluding hydrogens is 402 g/mol. The van der Waals surface area contributed by atoms with E-state index in [4.69, 9.17) is 4.98 Å². The first-order valence-electron chi connectivity index (χ1n) is 12.0. The zero-order chi connectivity index (χ0) is 21.5. The monoisotopic (exact) mass is 433 g/mol. The molecule has 1 saturated carbocycles. The summed E-state index contributed by atoms with van der Waals surface area (Å²) < 4.78 is 0. The Hall–Kier alpha value is -2.87. The van der Waals surface area contributed by atoms with Gasteiger partial charge < -0.3 is 25.8 Å². The number of piperazine rings is 1. The van der Waals surface area contributed by atoms with Crippen LogP contribution in [-0.2, 0) is 11.2 Å². The normalized spacial score (nSPS) is 25.4. The van der Waals surface area contributed by atoms with Gasteiger partial charge in [-0.3, -0.25) is 4.79 Å². The Morgan fingerprint density at radius 2 is 1.84 bits per heavy atom. The molecule has 4 heterocycles. The van der Waals surface area contributed by atoms with Gasteiger partial charge in [0.25, 0.3) is 0 Å². The van der Waals surface area contributed by atoms with Gasteiger partial charge in [0.05, 0.1) is 0 Å². The van der Waals surface area contributed by atoms with Crippen LogP contribution in [-0.4, -0.2) is 60.2 Å². The molecule has 1 spiro atoms. The summed E-state index contributed by atoms with van der Waals surface area (Å²) in [4.78, 5) is 27.3. The molecule has 0 radical (unpaired) electrons. The molecule has 8 nitrogen and oxygen atoms in total. The van der Waals surface area contributed by atoms with E-state index in [0.29, 0.717) is 18.4 Å². The van der Waals surface area contributed by atoms with Gasteiger partial charge in [-0.05, 0) is 43.5 Å². The van der Waals surface area contributed by atoms with E-state index in [9.17, 15) is 4.79 Å². The van der Waals surface area contributed by atoms with Gasteiger partial charge in [-0.1, -0.05) is 12.8 Å². The molecular formula is C24H31N7O. The van der Waals surface area contributed by atoms with Gasteiger partial charge in [0, 0.05) is 68.3 Å². The van der Waals surface area contributed by atoms with Crippen molar-refractivity contribution in [2.24, 2.45) is 0 Å². The van der Waals surface area contributed by atoms with Crippen LogP contribution in [0.15, 0.2) is 30.5 Å². The van der Waals surface area contributed by atoms with Crippen LogP contribution in [0.25, 0.3) is 0 Å². The lowest BCUT2D eigenvalue weighted by Gasteiger charge is -2.38. The quantitative estimate of drug-likeness (QED) is 0.682. The van der Waals surface area contributed by atoms with Crippen molar-refractivity contribution in [1.29, 1.82) is 0 Å². The van der Waals surface area contributed by atoms with Crippen LogP contribution in [0.5, 0.6) is 0 Å². The second-order valence-electron chi connectivity index (χ2n) is 9.47. The summed E-state index contributed by atoms with van der Waals surface area (Å²) in [6, 6.07) is 8.89. The number of benzene rings is 1. The molecule has 3 N–H and O–H groups in total. The van der Waals surface area contributed by atoms with Crippen molar-refractivity contribution in [2.75, 3.05) is 47.8 Å². The maximum absolute atomic E-state index is 12.9. The first-order valence-corrected chi connectivity index (χ1v) is 12.0. The minimum absolute atomic E-state index is 0.153. The predicted octanol–water partition coefficient (Wildman–Crippen LogP) is 2.19. The molecule has 3 aliphatic heterocycles. The number of fused-ring (bicyclic) bond motifs is 1. The van der Waals surface area contributed by atoms with E-state index in [1.165, 1.54) is 18.5 Å². The summed E-state index contributed by atoms with van der Waals surface area (Å²) in [5.41, 5.74) is 2.83. The molecule has 168 valence electrons. The number of hydrogen-bond acceptors (Lipinski definition) is 7. The van der Waals surface area contributed by atoms with Crippen LogP contribution in [0.4, 0.5) is 23.1 Å². The highest BCUT2D eigenvalue weighted by molar-refractivity contribution is 5.94. The summed E-state index contributed by atoms with van der Waals surface area (Å²) in [5.74, 6) is 1.70. The molecule has 1 aromatic carbocycles. The number of anilines is 4. The average molecular weight is 434 g/mol. The van der Waals surface area contributed by atoms with Crippen molar-refractivity contribution in [3.8, 4) is 0 Å². The lowest BCUT2D eigenvalue weighted by molar-refractivity contribution is -0.123. The van der Waals surface area contributed by atoms with Crippen LogP contribution < -0.4 is 25.8 Å². The number of amides is 1. The third-order valence-electron chi connectivity index (χ3n) is 7.56. The zero-order valence-electron chi connectivity index (χ0n) is 18.4. The minimum Gasteiger partial charge on any atom is -0.369 e. The van der Waals surface area contributed by atoms with E-state index in [1.54, 1.807) is 0 Å². The van der Waals surface area contributed by atoms with Gasteiger partial charge in [0.1, 0.15) is 11.4 Å². The van der Waals surface area contributed by atoms with Crippen LogP contribution in [0, 0.1) is 0 Å². The number of aromatic nitrogens is 2. The Bertz CT molecular complexity index is 998. The Kier molecular flexibility index (Phi) is 4.90. The number of carbonyl (C=O) groups excluding carboxylic acids is 1. The smallest absolute Gasteiger partial charge is 0.246 e. The second kappa shape index (κ2) is 7.92. The van der Waals surface area contributed by atoms with Crippen LogP contribution in [0.3, 0.4) is 0 Å². The van der Waals surface area contributed by atoms with Crippen molar-refractivity contribution in [2.45, 2.75) is 50.1 Å². The Labute approximate surface area is 188 Å². The van der Waals surface area contributed by atoms with Gasteiger partial charge >= 0.3 is 0 Å². The molecule has 1 atom stereocenters. The molecule has 4 aliphatic rings. The molecule has 2 saturated heterocycles. The largest absolute Gasteiger partial charge is 0.369 e. The SMILES string of the molecule is O=C1NCCC12Cc1cnc(Nc3ccc(N4CCNCC4)cc3)nc1N2C1CCCC1. The molecule has 1 aromatic heterocycles. The molecule has 1 unspecified atom stereocenters. The van der Waals surface area contributed by atoms with E-state index in [2.05, 4.69) is 55.0 Å². The zero-order valence-corrected chi connectivity index (χ0v) is 18.4. The number of rotatable bonds is 4. The molecule has 2 aromatic rings. The maximum atomic E-state index is 12.9. The summed E-state index contributed by atoms with van der Waals surface area (Å²) in [6.45, 7) is 4.87. The van der Waals surface area contributed by atoms with E-state index < -0.39 is 5.54 Å². The van der Waals surface area contributed by atoms with Gasteiger partial charge in [-0.25, -0.2) is 4.98 Å². The van der Waals surface area contributed by atoms with Crippen molar-refractivity contribution in [3.63, 3.8) is 0 Å². The summed E-state index contributed by atoms with van der Waals surface area (Å²) in [7, 11) is 0. The number of carbonyl (C=O) groups is 1. The van der Waals surface area contributed by atoms with Gasteiger partial charge in [-0.15, -0.1) is 0 Å². The van der Waals surface area contributed by atoms with E-state index in [0.717, 1.165) is 69.1 Å². The first-order chi connectivity index (χ1) is 15.7. The van der Waals surface area contributed by atoms with E-state index in [1.807, 2.05) is 6.20 Å². The van der Waals surface area contributed by atoms with Gasteiger partial charge in [0.2, 0.25) is 11.9 Å². The predicted molar refractivity (Wildman–Crippen MR) is 126 cm³/mol. The fraction of sp³-hybridized carbons (Fsp3) is 0.542. The Morgan fingerprint density at radius 1 is 1.06 bits per heavy atom. The molecule has 32 heavy (non-hydrogen) atoms. The lowest BCUT2D eigenvalue weighted by Crippen LogP contribution is -2.56. The third-order valence-corrected chi connectivity index (χ3v) is 7.56. The Morgan fingerprint density at radius 3 is 2.56 bits per heavy atom. The fourth-order valence-corrected chi connectivity index (χ4v) is 5.95. The first kappa shape index (κ1) is 19.8. The Balaban J connectivity index is 1.26. The fourth-order valence-electron chi connectivity index (χ4n) is 5.95. The number of hydrogen-bond donors (Lipinski definition) is 3. The molecule has 1 aliphatic carbocycles. The minimum atomic E-state index is -0.477. The van der Waals surface area contributed by atoms with E-state index >= 15 is 0 Å². The lowest BCUT2D eigenvalue weighted by atomic mass is 9.91. The highest BCUT2D eigenvalue weighted by Gasteiger charge is 2.55. The highest BCUT2D eigenvalue weighted by atomic mass is 16.2. The third kappa shape index (κ3) is 3.28. The van der Waals surface area contributed by atoms with Crippen molar-refractivity contribution < 1.29 is 4.79 Å². The molecule has 3 fully saturated rings. The number of nitrogens with zero attached hydrogens (tertiary/aromatic N) is 4. The summed E-state index contributed by atoms with van der Waals surface area (Å²) >= 11 is 0.